The number of nitrogens with one attached hydrogen (secondary N) is 1. The van der Waals surface area contributed by atoms with Crippen molar-refractivity contribution < 1.29 is 24.2 Å². The molecule has 1 aliphatic heterocycles. The first-order chi connectivity index (χ1) is 11.9. The van der Waals surface area contributed by atoms with Crippen molar-refractivity contribution in [1.82, 2.24) is 4.90 Å². The van der Waals surface area contributed by atoms with Crippen molar-refractivity contribution >= 4 is 40.9 Å². The number of anilines is 1. The number of benzene rings is 1. The second kappa shape index (κ2) is 9.12. The highest BCUT2D eigenvalue weighted by molar-refractivity contribution is 6.37. The fourth-order valence-electron chi connectivity index (χ4n) is 2.56. The normalized spacial score (nSPS) is 17.2. The minimum absolute atomic E-state index is 0.181. The molecule has 1 atom stereocenters. The van der Waals surface area contributed by atoms with E-state index in [0.717, 1.165) is 0 Å². The number of carbonyl (C=O) groups is 2. The first-order valence-corrected chi connectivity index (χ1v) is 8.57. The number of piperidine rings is 1. The summed E-state index contributed by atoms with van der Waals surface area (Å²) in [7, 11) is 1.56. The molecule has 138 valence electrons. The summed E-state index contributed by atoms with van der Waals surface area (Å²) in [5.74, 6) is -1.10. The van der Waals surface area contributed by atoms with Gasteiger partial charge in [0, 0.05) is 25.9 Å². The van der Waals surface area contributed by atoms with Crippen molar-refractivity contribution in [2.75, 3.05) is 38.7 Å². The molecule has 0 bridgehead atoms. The lowest BCUT2D eigenvalue weighted by Crippen LogP contribution is -2.44. The number of methoxy groups -OCH3 is 1. The highest BCUT2D eigenvalue weighted by Crippen LogP contribution is 2.36. The van der Waals surface area contributed by atoms with Gasteiger partial charge in [0.25, 0.3) is 0 Å². The van der Waals surface area contributed by atoms with Gasteiger partial charge < -0.3 is 24.8 Å². The van der Waals surface area contributed by atoms with Gasteiger partial charge in [-0.1, -0.05) is 23.2 Å². The van der Waals surface area contributed by atoms with Gasteiger partial charge in [0.2, 0.25) is 0 Å². The highest BCUT2D eigenvalue weighted by atomic mass is 35.5. The van der Waals surface area contributed by atoms with Gasteiger partial charge >= 0.3 is 12.0 Å². The number of amides is 2. The first-order valence-electron chi connectivity index (χ1n) is 7.82. The molecule has 0 aromatic heterocycles. The maximum atomic E-state index is 12.3. The Morgan fingerprint density at radius 2 is 2.00 bits per heavy atom. The fraction of sp³-hybridized carbons (Fsp3) is 0.500. The third-order valence-electron chi connectivity index (χ3n) is 3.84. The molecular weight excluding hydrogens is 371 g/mol. The molecule has 0 saturated carbocycles. The number of carbonyl (C=O) groups excluding carboxylic acids is 1. The van der Waals surface area contributed by atoms with E-state index in [0.29, 0.717) is 44.0 Å². The number of nitrogens with zero attached hydrogens (tertiary/aromatic N) is 1. The second-order valence-corrected chi connectivity index (χ2v) is 6.48. The minimum Gasteiger partial charge on any atom is -0.488 e. The van der Waals surface area contributed by atoms with Crippen LogP contribution in [0.25, 0.3) is 0 Å². The largest absolute Gasteiger partial charge is 0.488 e. The maximum Gasteiger partial charge on any atom is 0.321 e. The van der Waals surface area contributed by atoms with Gasteiger partial charge in [0.1, 0.15) is 6.61 Å². The summed E-state index contributed by atoms with van der Waals surface area (Å²) in [4.78, 5) is 24.9. The molecule has 1 saturated heterocycles. The molecule has 2 rings (SSSR count). The summed E-state index contributed by atoms with van der Waals surface area (Å²) in [6.07, 6.45) is 1.22. The van der Waals surface area contributed by atoms with Crippen LogP contribution in [-0.4, -0.2) is 55.4 Å². The molecule has 2 N–H and O–H groups in total. The number of aliphatic carboxylic acids is 1. The van der Waals surface area contributed by atoms with E-state index in [9.17, 15) is 9.59 Å². The van der Waals surface area contributed by atoms with Crippen molar-refractivity contribution in [3.05, 3.63) is 22.2 Å². The molecule has 0 radical (unpaired) electrons. The molecule has 1 aromatic carbocycles. The SMILES string of the molecule is COCCOc1c(Cl)cc(NC(=O)N2CCCC(C(=O)O)C2)cc1Cl. The summed E-state index contributed by atoms with van der Waals surface area (Å²) in [5.41, 5.74) is 0.413. The second-order valence-electron chi connectivity index (χ2n) is 5.66. The predicted octanol–water partition coefficient (Wildman–Crippen LogP) is 3.35. The lowest BCUT2D eigenvalue weighted by Gasteiger charge is -2.30. The molecule has 7 nitrogen and oxygen atoms in total. The van der Waals surface area contributed by atoms with Crippen LogP contribution >= 0.6 is 23.2 Å². The zero-order chi connectivity index (χ0) is 18.4. The van der Waals surface area contributed by atoms with Gasteiger partial charge in [-0.05, 0) is 25.0 Å². The van der Waals surface area contributed by atoms with Gasteiger partial charge in [0.05, 0.1) is 22.6 Å². The van der Waals surface area contributed by atoms with Crippen LogP contribution in [0.15, 0.2) is 12.1 Å². The van der Waals surface area contributed by atoms with E-state index in [2.05, 4.69) is 5.32 Å². The number of likely N-dealkylation sites (tertiary alicyclic amines) is 1. The lowest BCUT2D eigenvalue weighted by molar-refractivity contribution is -0.143. The van der Waals surface area contributed by atoms with Crippen molar-refractivity contribution in [1.29, 1.82) is 0 Å². The van der Waals surface area contributed by atoms with E-state index in [1.807, 2.05) is 0 Å². The van der Waals surface area contributed by atoms with Crippen molar-refractivity contribution in [2.24, 2.45) is 5.92 Å². The Morgan fingerprint density at radius 3 is 2.60 bits per heavy atom. The quantitative estimate of drug-likeness (QED) is 0.727. The third-order valence-corrected chi connectivity index (χ3v) is 4.40. The molecule has 1 aromatic rings. The van der Waals surface area contributed by atoms with Crippen molar-refractivity contribution in [2.45, 2.75) is 12.8 Å². The van der Waals surface area contributed by atoms with Gasteiger partial charge in [-0.15, -0.1) is 0 Å². The molecule has 1 heterocycles. The Morgan fingerprint density at radius 1 is 1.32 bits per heavy atom. The smallest absolute Gasteiger partial charge is 0.321 e. The minimum atomic E-state index is -0.888. The third kappa shape index (κ3) is 5.39. The van der Waals surface area contributed by atoms with Gasteiger partial charge in [-0.2, -0.15) is 0 Å². The van der Waals surface area contributed by atoms with E-state index in [-0.39, 0.29) is 22.6 Å². The molecule has 1 fully saturated rings. The van der Waals surface area contributed by atoms with E-state index in [1.165, 1.54) is 17.0 Å². The first kappa shape index (κ1) is 19.6. The summed E-state index contributed by atoms with van der Waals surface area (Å²) >= 11 is 12.3. The Bertz CT molecular complexity index is 618. The number of rotatable bonds is 6. The molecule has 0 spiro atoms. The number of hydrogen-bond acceptors (Lipinski definition) is 4. The molecule has 0 aliphatic carbocycles. The molecular formula is C16H20Cl2N2O5. The number of carboxylic acid groups (broad SMARTS) is 1. The Balaban J connectivity index is 2.02. The molecule has 9 heteroatoms. The Hall–Kier alpha value is -1.70. The van der Waals surface area contributed by atoms with Crippen LogP contribution in [-0.2, 0) is 9.53 Å². The number of halogens is 2. The standard InChI is InChI=1S/C16H20Cl2N2O5/c1-24-5-6-25-14-12(17)7-11(8-13(14)18)19-16(23)20-4-2-3-10(9-20)15(21)22/h7-8,10H,2-6,9H2,1H3,(H,19,23)(H,21,22). The van der Waals surface area contributed by atoms with E-state index in [1.54, 1.807) is 7.11 Å². The summed E-state index contributed by atoms with van der Waals surface area (Å²) in [5, 5.41) is 12.3. The van der Waals surface area contributed by atoms with E-state index < -0.39 is 11.9 Å². The predicted molar refractivity (Wildman–Crippen MR) is 94.8 cm³/mol. The maximum absolute atomic E-state index is 12.3. The van der Waals surface area contributed by atoms with Crippen molar-refractivity contribution in [3.8, 4) is 5.75 Å². The number of ether oxygens (including phenoxy) is 2. The van der Waals surface area contributed by atoms with E-state index >= 15 is 0 Å². The van der Waals surface area contributed by atoms with Gasteiger partial charge in [0.15, 0.2) is 5.75 Å². The summed E-state index contributed by atoms with van der Waals surface area (Å²) < 4.78 is 10.3. The lowest BCUT2D eigenvalue weighted by atomic mass is 9.99. The van der Waals surface area contributed by atoms with Crippen LogP contribution in [0.1, 0.15) is 12.8 Å². The fourth-order valence-corrected chi connectivity index (χ4v) is 3.16. The molecule has 2 amide bonds. The number of urea groups is 1. The topological polar surface area (TPSA) is 88.1 Å². The van der Waals surface area contributed by atoms with Crippen LogP contribution in [0.4, 0.5) is 10.5 Å². The number of carboxylic acids is 1. The number of hydrogen-bond donors (Lipinski definition) is 2. The zero-order valence-corrected chi connectivity index (χ0v) is 15.3. The Labute approximate surface area is 155 Å². The van der Waals surface area contributed by atoms with Crippen molar-refractivity contribution in [3.63, 3.8) is 0 Å². The molecule has 1 aliphatic rings. The molecule has 1 unspecified atom stereocenters. The van der Waals surface area contributed by atoms with Crippen LogP contribution in [0.3, 0.4) is 0 Å². The monoisotopic (exact) mass is 390 g/mol. The van der Waals surface area contributed by atoms with Crippen LogP contribution in [0, 0.1) is 5.92 Å². The summed E-state index contributed by atoms with van der Waals surface area (Å²) in [6.45, 7) is 1.38. The molecule has 25 heavy (non-hydrogen) atoms. The van der Waals surface area contributed by atoms with Gasteiger partial charge in [-0.3, -0.25) is 4.79 Å². The zero-order valence-electron chi connectivity index (χ0n) is 13.8. The van der Waals surface area contributed by atoms with Crippen LogP contribution in [0.5, 0.6) is 5.75 Å². The average Bonchev–Trinajstić information content (AvgIpc) is 2.57. The van der Waals surface area contributed by atoms with Crippen LogP contribution in [0.2, 0.25) is 10.0 Å². The Kier molecular flexibility index (Phi) is 7.16. The van der Waals surface area contributed by atoms with Gasteiger partial charge in [-0.25, -0.2) is 4.79 Å². The highest BCUT2D eigenvalue weighted by Gasteiger charge is 2.28. The van der Waals surface area contributed by atoms with Crippen LogP contribution < -0.4 is 10.1 Å². The van der Waals surface area contributed by atoms with E-state index in [4.69, 9.17) is 37.8 Å². The average molecular weight is 391 g/mol. The summed E-state index contributed by atoms with van der Waals surface area (Å²) in [6, 6.07) is 2.68.